The van der Waals surface area contributed by atoms with Gasteiger partial charge in [-0.1, -0.05) is 6.07 Å². The van der Waals surface area contributed by atoms with E-state index in [2.05, 4.69) is 11.9 Å². The van der Waals surface area contributed by atoms with Crippen LogP contribution in [0.2, 0.25) is 0 Å². The van der Waals surface area contributed by atoms with Crippen LogP contribution in [0.4, 0.5) is 0 Å². The number of hydrogen-bond donors (Lipinski definition) is 2. The molecule has 1 aromatic rings. The summed E-state index contributed by atoms with van der Waals surface area (Å²) in [6.45, 7) is 1.15. The Morgan fingerprint density at radius 3 is 2.88 bits per heavy atom. The minimum atomic E-state index is 0.0172. The fourth-order valence-corrected chi connectivity index (χ4v) is 3.22. The van der Waals surface area contributed by atoms with Crippen molar-refractivity contribution < 1.29 is 10.2 Å². The number of phenols is 2. The molecule has 16 heavy (non-hydrogen) atoms. The zero-order chi connectivity index (χ0) is 11.3. The number of phenolic OH excluding ortho intramolecular Hbond substituents is 2. The Hall–Kier alpha value is -1.22. The lowest BCUT2D eigenvalue weighted by Crippen LogP contribution is -2.35. The molecule has 2 N–H and O–H groups in total. The highest BCUT2D eigenvalue weighted by Gasteiger charge is 2.37. The van der Waals surface area contributed by atoms with Crippen molar-refractivity contribution in [3.8, 4) is 11.5 Å². The smallest absolute Gasteiger partial charge is 0.160 e. The summed E-state index contributed by atoms with van der Waals surface area (Å²) in [4.78, 5) is 2.41. The summed E-state index contributed by atoms with van der Waals surface area (Å²) in [6, 6.07) is 4.17. The van der Waals surface area contributed by atoms with Crippen LogP contribution in [0.1, 0.15) is 17.5 Å². The van der Waals surface area contributed by atoms with Crippen LogP contribution >= 0.6 is 0 Å². The van der Waals surface area contributed by atoms with Crippen molar-refractivity contribution in [1.82, 2.24) is 4.90 Å². The molecule has 2 atom stereocenters. The predicted octanol–water partition coefficient (Wildman–Crippen LogP) is 1.52. The van der Waals surface area contributed by atoms with Gasteiger partial charge in [0.1, 0.15) is 0 Å². The minimum Gasteiger partial charge on any atom is -0.504 e. The van der Waals surface area contributed by atoms with E-state index in [1.807, 2.05) is 6.07 Å². The Morgan fingerprint density at radius 1 is 1.25 bits per heavy atom. The Labute approximate surface area is 95.3 Å². The molecule has 1 fully saturated rings. The van der Waals surface area contributed by atoms with Crippen molar-refractivity contribution in [2.24, 2.45) is 5.92 Å². The van der Waals surface area contributed by atoms with Crippen molar-refractivity contribution >= 4 is 0 Å². The first-order valence-electron chi connectivity index (χ1n) is 5.89. The zero-order valence-electron chi connectivity index (χ0n) is 9.48. The number of rotatable bonds is 0. The number of aromatic hydroxyl groups is 2. The Kier molecular flexibility index (Phi) is 2.11. The average Bonchev–Trinajstić information content (AvgIpc) is 2.64. The lowest BCUT2D eigenvalue weighted by Gasteiger charge is -2.31. The Bertz CT molecular complexity index is 430. The lowest BCUT2D eigenvalue weighted by atomic mass is 9.80. The van der Waals surface area contributed by atoms with E-state index < -0.39 is 0 Å². The van der Waals surface area contributed by atoms with Crippen molar-refractivity contribution in [3.63, 3.8) is 0 Å². The van der Waals surface area contributed by atoms with E-state index in [1.54, 1.807) is 6.07 Å². The van der Waals surface area contributed by atoms with Crippen LogP contribution in [0, 0.1) is 5.92 Å². The van der Waals surface area contributed by atoms with E-state index >= 15 is 0 Å². The fourth-order valence-electron chi connectivity index (χ4n) is 3.22. The summed E-state index contributed by atoms with van der Waals surface area (Å²) in [5.74, 6) is 0.763. The van der Waals surface area contributed by atoms with Crippen molar-refractivity contribution in [1.29, 1.82) is 0 Å². The standard InChI is InChI=1S/C13H17NO2/c1-14-5-4-9-6-10-8(7-11(9)14)2-3-12(15)13(10)16/h2-3,9,11,15-16H,4-7H2,1H3/t9-,11-/m1/s1. The highest BCUT2D eigenvalue weighted by Crippen LogP contribution is 2.41. The van der Waals surface area contributed by atoms with E-state index in [1.165, 1.54) is 12.0 Å². The minimum absolute atomic E-state index is 0.0172. The van der Waals surface area contributed by atoms with E-state index in [0.717, 1.165) is 24.9 Å². The number of hydrogen-bond acceptors (Lipinski definition) is 3. The van der Waals surface area contributed by atoms with Crippen molar-refractivity contribution in [3.05, 3.63) is 23.3 Å². The molecule has 0 saturated carbocycles. The Morgan fingerprint density at radius 2 is 2.06 bits per heavy atom. The maximum absolute atomic E-state index is 9.87. The third kappa shape index (κ3) is 1.31. The highest BCUT2D eigenvalue weighted by molar-refractivity contribution is 5.50. The van der Waals surface area contributed by atoms with E-state index in [0.29, 0.717) is 12.0 Å². The second-order valence-electron chi connectivity index (χ2n) is 5.08. The molecule has 0 spiro atoms. The van der Waals surface area contributed by atoms with Gasteiger partial charge in [0, 0.05) is 11.6 Å². The molecule has 1 heterocycles. The predicted molar refractivity (Wildman–Crippen MR) is 61.7 cm³/mol. The summed E-state index contributed by atoms with van der Waals surface area (Å²) >= 11 is 0. The van der Waals surface area contributed by atoms with E-state index in [9.17, 15) is 10.2 Å². The molecule has 0 aromatic heterocycles. The molecule has 3 nitrogen and oxygen atoms in total. The van der Waals surface area contributed by atoms with Gasteiger partial charge < -0.3 is 15.1 Å². The SMILES string of the molecule is CN1CC[C@@H]2Cc3c(ccc(O)c3O)C[C@H]21. The van der Waals surface area contributed by atoms with Gasteiger partial charge in [0.05, 0.1) is 0 Å². The third-order valence-corrected chi connectivity index (χ3v) is 4.22. The molecule has 0 unspecified atom stereocenters. The second kappa shape index (κ2) is 3.39. The lowest BCUT2D eigenvalue weighted by molar-refractivity contribution is 0.256. The molecule has 3 heteroatoms. The van der Waals surface area contributed by atoms with Crippen LogP contribution < -0.4 is 0 Å². The fraction of sp³-hybridized carbons (Fsp3) is 0.538. The summed E-state index contributed by atoms with van der Waals surface area (Å²) in [5.41, 5.74) is 2.17. The quantitative estimate of drug-likeness (QED) is 0.650. The number of likely N-dealkylation sites (tertiary alicyclic amines) is 1. The molecular formula is C13H17NO2. The molecule has 0 radical (unpaired) electrons. The third-order valence-electron chi connectivity index (χ3n) is 4.22. The molecule has 1 aliphatic heterocycles. The first-order valence-corrected chi connectivity index (χ1v) is 5.89. The first kappa shape index (κ1) is 9.97. The van der Waals surface area contributed by atoms with Gasteiger partial charge in [-0.2, -0.15) is 0 Å². The number of benzene rings is 1. The Balaban J connectivity index is 2.02. The van der Waals surface area contributed by atoms with Crippen LogP contribution in [0.3, 0.4) is 0 Å². The zero-order valence-corrected chi connectivity index (χ0v) is 9.48. The molecule has 1 aliphatic carbocycles. The maximum atomic E-state index is 9.87. The second-order valence-corrected chi connectivity index (χ2v) is 5.08. The largest absolute Gasteiger partial charge is 0.504 e. The number of fused-ring (bicyclic) bond motifs is 2. The van der Waals surface area contributed by atoms with Gasteiger partial charge in [-0.25, -0.2) is 0 Å². The van der Waals surface area contributed by atoms with Crippen LogP contribution in [0.15, 0.2) is 12.1 Å². The van der Waals surface area contributed by atoms with Crippen LogP contribution in [-0.2, 0) is 12.8 Å². The summed E-state index contributed by atoms with van der Waals surface area (Å²) < 4.78 is 0. The van der Waals surface area contributed by atoms with Gasteiger partial charge in [0.15, 0.2) is 11.5 Å². The molecule has 1 saturated heterocycles. The maximum Gasteiger partial charge on any atom is 0.160 e. The summed E-state index contributed by atoms with van der Waals surface area (Å²) in [5, 5.41) is 19.4. The normalized spacial score (nSPS) is 28.8. The molecule has 3 rings (SSSR count). The van der Waals surface area contributed by atoms with Gasteiger partial charge in [0.25, 0.3) is 0 Å². The van der Waals surface area contributed by atoms with Crippen LogP contribution in [0.5, 0.6) is 11.5 Å². The van der Waals surface area contributed by atoms with Gasteiger partial charge in [0.2, 0.25) is 0 Å². The number of nitrogens with zero attached hydrogens (tertiary/aromatic N) is 1. The van der Waals surface area contributed by atoms with Gasteiger partial charge in [-0.05, 0) is 50.4 Å². The van der Waals surface area contributed by atoms with Crippen LogP contribution in [0.25, 0.3) is 0 Å². The molecule has 86 valence electrons. The molecular weight excluding hydrogens is 202 g/mol. The van der Waals surface area contributed by atoms with Crippen LogP contribution in [-0.4, -0.2) is 34.7 Å². The van der Waals surface area contributed by atoms with Gasteiger partial charge >= 0.3 is 0 Å². The highest BCUT2D eigenvalue weighted by atomic mass is 16.3. The topological polar surface area (TPSA) is 43.7 Å². The molecule has 2 aliphatic rings. The number of likely N-dealkylation sites (N-methyl/N-ethyl adjacent to an activating group) is 1. The summed E-state index contributed by atoms with van der Waals surface area (Å²) in [6.07, 6.45) is 3.12. The van der Waals surface area contributed by atoms with Gasteiger partial charge in [-0.3, -0.25) is 0 Å². The summed E-state index contributed by atoms with van der Waals surface area (Å²) in [7, 11) is 2.18. The molecule has 0 bridgehead atoms. The monoisotopic (exact) mass is 219 g/mol. The first-order chi connectivity index (χ1) is 7.66. The van der Waals surface area contributed by atoms with Crippen molar-refractivity contribution in [2.75, 3.05) is 13.6 Å². The van der Waals surface area contributed by atoms with E-state index in [-0.39, 0.29) is 11.5 Å². The van der Waals surface area contributed by atoms with E-state index in [4.69, 9.17) is 0 Å². The van der Waals surface area contributed by atoms with Gasteiger partial charge in [-0.15, -0.1) is 0 Å². The average molecular weight is 219 g/mol. The molecule has 1 aromatic carbocycles. The molecule has 0 amide bonds. The van der Waals surface area contributed by atoms with Crippen molar-refractivity contribution in [2.45, 2.75) is 25.3 Å².